The summed E-state index contributed by atoms with van der Waals surface area (Å²) in [6.45, 7) is 12.8. The van der Waals surface area contributed by atoms with E-state index in [-0.39, 0.29) is 42.7 Å². The van der Waals surface area contributed by atoms with Gasteiger partial charge < -0.3 is 10.6 Å². The number of rotatable bonds is 8. The van der Waals surface area contributed by atoms with Crippen LogP contribution < -0.4 is 10.6 Å². The fourth-order valence-electron chi connectivity index (χ4n) is 2.56. The highest BCUT2D eigenvalue weighted by atomic mass is 35.5. The highest BCUT2D eigenvalue weighted by molar-refractivity contribution is 6.05. The molecule has 0 aliphatic heterocycles. The monoisotopic (exact) mass is 403 g/mol. The van der Waals surface area contributed by atoms with Gasteiger partial charge in [-0.3, -0.25) is 4.79 Å². The van der Waals surface area contributed by atoms with Gasteiger partial charge in [-0.2, -0.15) is 5.10 Å². The van der Waals surface area contributed by atoms with E-state index in [1.54, 1.807) is 6.20 Å². The Labute approximate surface area is 168 Å². The number of hydrogen-bond donors (Lipinski definition) is 2. The van der Waals surface area contributed by atoms with E-state index in [0.717, 1.165) is 36.2 Å². The topological polar surface area (TPSA) is 71.8 Å². The highest BCUT2D eigenvalue weighted by Gasteiger charge is 2.18. The molecule has 0 aliphatic rings. The van der Waals surface area contributed by atoms with Crippen LogP contribution in [0.15, 0.2) is 12.3 Å². The molecule has 2 heterocycles. The van der Waals surface area contributed by atoms with Gasteiger partial charge in [-0.15, -0.1) is 24.8 Å². The van der Waals surface area contributed by atoms with Crippen LogP contribution in [0.25, 0.3) is 11.0 Å². The average molecular weight is 404 g/mol. The Bertz CT molecular complexity index is 700. The van der Waals surface area contributed by atoms with Crippen molar-refractivity contribution in [3.8, 4) is 0 Å². The molecule has 26 heavy (non-hydrogen) atoms. The lowest BCUT2D eigenvalue weighted by atomic mass is 10.0. The summed E-state index contributed by atoms with van der Waals surface area (Å²) in [5, 5.41) is 11.5. The molecule has 2 rings (SSSR count). The number of amides is 1. The standard InChI is InChI=1S/C18H29N5O.2ClH/c1-6-7-19-8-9-20-18(24)14-10-16(12(2)3)22-17-15(14)11-21-23(17)13(4)5;;/h10-13,19H,6-9H2,1-5H3,(H,20,24);2*1H. The molecule has 0 radical (unpaired) electrons. The number of aromatic nitrogens is 3. The molecule has 0 saturated carbocycles. The third-order valence-electron chi connectivity index (χ3n) is 3.93. The number of pyridine rings is 1. The molecule has 0 saturated heterocycles. The Balaban J connectivity index is 0.00000312. The van der Waals surface area contributed by atoms with E-state index in [2.05, 4.69) is 50.4 Å². The molecule has 0 unspecified atom stereocenters. The van der Waals surface area contributed by atoms with Crippen molar-refractivity contribution < 1.29 is 4.79 Å². The molecular weight excluding hydrogens is 373 g/mol. The maximum atomic E-state index is 12.6. The summed E-state index contributed by atoms with van der Waals surface area (Å²) in [6.07, 6.45) is 2.84. The fourth-order valence-corrected chi connectivity index (χ4v) is 2.56. The number of nitrogens with one attached hydrogen (secondary N) is 2. The van der Waals surface area contributed by atoms with Crippen LogP contribution in [0.4, 0.5) is 0 Å². The average Bonchev–Trinajstić information content (AvgIpc) is 2.97. The minimum Gasteiger partial charge on any atom is -0.351 e. The minimum absolute atomic E-state index is 0. The summed E-state index contributed by atoms with van der Waals surface area (Å²) in [5.74, 6) is 0.189. The van der Waals surface area contributed by atoms with E-state index < -0.39 is 0 Å². The van der Waals surface area contributed by atoms with Crippen molar-refractivity contribution in [2.45, 2.75) is 53.0 Å². The molecule has 0 atom stereocenters. The number of hydrogen-bond acceptors (Lipinski definition) is 4. The zero-order valence-corrected chi connectivity index (χ0v) is 17.8. The smallest absolute Gasteiger partial charge is 0.252 e. The van der Waals surface area contributed by atoms with Crippen molar-refractivity contribution in [1.29, 1.82) is 0 Å². The Morgan fingerprint density at radius 1 is 1.15 bits per heavy atom. The summed E-state index contributed by atoms with van der Waals surface area (Å²) in [6, 6.07) is 2.10. The molecule has 8 heteroatoms. The van der Waals surface area contributed by atoms with E-state index in [0.29, 0.717) is 12.1 Å². The van der Waals surface area contributed by atoms with Gasteiger partial charge in [0.25, 0.3) is 5.91 Å². The summed E-state index contributed by atoms with van der Waals surface area (Å²) in [5.41, 5.74) is 2.36. The highest BCUT2D eigenvalue weighted by Crippen LogP contribution is 2.24. The van der Waals surface area contributed by atoms with Crippen molar-refractivity contribution in [2.75, 3.05) is 19.6 Å². The van der Waals surface area contributed by atoms with Crippen molar-refractivity contribution in [1.82, 2.24) is 25.4 Å². The zero-order chi connectivity index (χ0) is 17.7. The van der Waals surface area contributed by atoms with Crippen molar-refractivity contribution >= 4 is 41.8 Å². The number of carbonyl (C=O) groups excluding carboxylic acids is 1. The molecule has 2 N–H and O–H groups in total. The van der Waals surface area contributed by atoms with Crippen LogP contribution in [0, 0.1) is 0 Å². The third kappa shape index (κ3) is 5.83. The molecule has 0 aliphatic carbocycles. The first-order valence-corrected chi connectivity index (χ1v) is 8.82. The number of carbonyl (C=O) groups is 1. The van der Waals surface area contributed by atoms with E-state index in [4.69, 9.17) is 4.98 Å². The Morgan fingerprint density at radius 3 is 2.42 bits per heavy atom. The lowest BCUT2D eigenvalue weighted by molar-refractivity contribution is 0.0955. The zero-order valence-electron chi connectivity index (χ0n) is 16.2. The third-order valence-corrected chi connectivity index (χ3v) is 3.93. The predicted molar refractivity (Wildman–Crippen MR) is 112 cm³/mol. The molecule has 148 valence electrons. The molecule has 0 spiro atoms. The summed E-state index contributed by atoms with van der Waals surface area (Å²) in [7, 11) is 0. The summed E-state index contributed by atoms with van der Waals surface area (Å²) in [4.78, 5) is 17.4. The largest absolute Gasteiger partial charge is 0.351 e. The SMILES string of the molecule is CCCNCCNC(=O)c1cc(C(C)C)nc2c1cnn2C(C)C.Cl.Cl. The lowest BCUT2D eigenvalue weighted by Crippen LogP contribution is -2.32. The van der Waals surface area contributed by atoms with Crippen molar-refractivity contribution in [2.24, 2.45) is 0 Å². The van der Waals surface area contributed by atoms with Crippen LogP contribution >= 0.6 is 24.8 Å². The van der Waals surface area contributed by atoms with Crippen LogP contribution in [-0.2, 0) is 0 Å². The Morgan fingerprint density at radius 2 is 1.85 bits per heavy atom. The van der Waals surface area contributed by atoms with Gasteiger partial charge in [-0.1, -0.05) is 20.8 Å². The van der Waals surface area contributed by atoms with Gasteiger partial charge >= 0.3 is 0 Å². The van der Waals surface area contributed by atoms with Crippen molar-refractivity contribution in [3.05, 3.63) is 23.5 Å². The Hall–Kier alpha value is -1.37. The number of nitrogens with zero attached hydrogens (tertiary/aromatic N) is 3. The molecule has 0 bridgehead atoms. The second-order valence-electron chi connectivity index (χ2n) is 6.68. The molecular formula is C18H31Cl2N5O. The minimum atomic E-state index is -0.0640. The van der Waals surface area contributed by atoms with Gasteiger partial charge in [-0.25, -0.2) is 9.67 Å². The summed E-state index contributed by atoms with van der Waals surface area (Å²) < 4.78 is 1.88. The van der Waals surface area contributed by atoms with Crippen LogP contribution in [0.2, 0.25) is 0 Å². The first-order valence-electron chi connectivity index (χ1n) is 8.82. The number of halogens is 2. The quantitative estimate of drug-likeness (QED) is 0.658. The Kier molecular flexibility index (Phi) is 10.8. The summed E-state index contributed by atoms with van der Waals surface area (Å²) >= 11 is 0. The van der Waals surface area contributed by atoms with Crippen LogP contribution in [-0.4, -0.2) is 40.3 Å². The molecule has 2 aromatic rings. The number of fused-ring (bicyclic) bond motifs is 1. The van der Waals surface area contributed by atoms with Crippen LogP contribution in [0.5, 0.6) is 0 Å². The van der Waals surface area contributed by atoms with Gasteiger partial charge in [0.1, 0.15) is 0 Å². The van der Waals surface area contributed by atoms with Crippen LogP contribution in [0.1, 0.15) is 69.1 Å². The fraction of sp³-hybridized carbons (Fsp3) is 0.611. The first-order chi connectivity index (χ1) is 11.5. The molecule has 1 amide bonds. The maximum Gasteiger partial charge on any atom is 0.252 e. The van der Waals surface area contributed by atoms with E-state index >= 15 is 0 Å². The normalized spacial score (nSPS) is 10.7. The van der Waals surface area contributed by atoms with Gasteiger partial charge in [-0.05, 0) is 38.8 Å². The van der Waals surface area contributed by atoms with Crippen molar-refractivity contribution in [3.63, 3.8) is 0 Å². The molecule has 2 aromatic heterocycles. The second kappa shape index (κ2) is 11.4. The second-order valence-corrected chi connectivity index (χ2v) is 6.68. The maximum absolute atomic E-state index is 12.6. The predicted octanol–water partition coefficient (Wildman–Crippen LogP) is 3.71. The van der Waals surface area contributed by atoms with Gasteiger partial charge in [0.2, 0.25) is 0 Å². The van der Waals surface area contributed by atoms with Gasteiger partial charge in [0.15, 0.2) is 5.65 Å². The van der Waals surface area contributed by atoms with Gasteiger partial charge in [0, 0.05) is 24.8 Å². The lowest BCUT2D eigenvalue weighted by Gasteiger charge is -2.12. The van der Waals surface area contributed by atoms with E-state index in [1.165, 1.54) is 0 Å². The molecule has 6 nitrogen and oxygen atoms in total. The van der Waals surface area contributed by atoms with E-state index in [1.807, 2.05) is 10.7 Å². The molecule has 0 aromatic carbocycles. The first kappa shape index (κ1) is 24.6. The van der Waals surface area contributed by atoms with Gasteiger partial charge in [0.05, 0.1) is 17.1 Å². The van der Waals surface area contributed by atoms with E-state index in [9.17, 15) is 4.79 Å². The van der Waals surface area contributed by atoms with Crippen LogP contribution in [0.3, 0.4) is 0 Å². The molecule has 0 fully saturated rings.